The summed E-state index contributed by atoms with van der Waals surface area (Å²) < 4.78 is 7.42. The number of nitrogens with zero attached hydrogens (tertiary/aromatic N) is 6. The molecule has 3 aromatic heterocycles. The number of hydrogen-bond acceptors (Lipinski definition) is 8. The molecule has 0 unspecified atom stereocenters. The fourth-order valence-corrected chi connectivity index (χ4v) is 5.10. The van der Waals surface area contributed by atoms with E-state index < -0.39 is 0 Å². The van der Waals surface area contributed by atoms with Crippen LogP contribution in [0.2, 0.25) is 0 Å². The van der Waals surface area contributed by atoms with Gasteiger partial charge in [0.15, 0.2) is 16.7 Å². The lowest BCUT2D eigenvalue weighted by Gasteiger charge is -2.34. The van der Waals surface area contributed by atoms with Crippen LogP contribution in [0.25, 0.3) is 11.6 Å². The van der Waals surface area contributed by atoms with Crippen molar-refractivity contribution < 1.29 is 9.21 Å². The monoisotopic (exact) mass is 446 g/mol. The molecule has 4 rings (SSSR count). The first-order chi connectivity index (χ1) is 14.7. The van der Waals surface area contributed by atoms with Crippen LogP contribution in [0.5, 0.6) is 0 Å². The lowest BCUT2D eigenvalue weighted by atomic mass is 10.3. The van der Waals surface area contributed by atoms with Gasteiger partial charge in [-0.3, -0.25) is 14.3 Å². The summed E-state index contributed by atoms with van der Waals surface area (Å²) >= 11 is 3.16. The summed E-state index contributed by atoms with van der Waals surface area (Å²) in [4.78, 5) is 21.7. The van der Waals surface area contributed by atoms with E-state index in [0.717, 1.165) is 50.0 Å². The van der Waals surface area contributed by atoms with Gasteiger partial charge in [0, 0.05) is 44.6 Å². The van der Waals surface area contributed by atoms with E-state index >= 15 is 0 Å². The smallest absolute Gasteiger partial charge is 0.233 e. The van der Waals surface area contributed by atoms with Crippen molar-refractivity contribution in [3.8, 4) is 11.6 Å². The molecule has 1 fully saturated rings. The summed E-state index contributed by atoms with van der Waals surface area (Å²) in [5, 5.41) is 12.6. The average Bonchev–Trinajstić information content (AvgIpc) is 3.52. The number of aryl methyl sites for hydroxylation is 1. The van der Waals surface area contributed by atoms with Crippen LogP contribution in [0, 0.1) is 0 Å². The predicted molar refractivity (Wildman–Crippen MR) is 117 cm³/mol. The van der Waals surface area contributed by atoms with Crippen molar-refractivity contribution >= 4 is 29.0 Å². The molecule has 0 aliphatic carbocycles. The van der Waals surface area contributed by atoms with Crippen molar-refractivity contribution in [3.63, 3.8) is 0 Å². The van der Waals surface area contributed by atoms with Crippen LogP contribution in [0.4, 0.5) is 0 Å². The standard InChI is InChI=1S/C20H26N6O2S2/c1-3-17-21-15(13-29-17)12-24-7-9-25(10-8-24)18(27)14-30-20-23-22-19(26(20)4-2)16-6-5-11-28-16/h5-6,11,13H,3-4,7-10,12,14H2,1-2H3. The fraction of sp³-hybridized carbons (Fsp3) is 0.500. The van der Waals surface area contributed by atoms with Crippen LogP contribution in [-0.4, -0.2) is 67.4 Å². The van der Waals surface area contributed by atoms with E-state index in [2.05, 4.69) is 32.4 Å². The molecule has 1 aliphatic rings. The third-order valence-corrected chi connectivity index (χ3v) is 7.11. The first-order valence-electron chi connectivity index (χ1n) is 10.2. The van der Waals surface area contributed by atoms with Gasteiger partial charge in [0.25, 0.3) is 0 Å². The van der Waals surface area contributed by atoms with E-state index in [-0.39, 0.29) is 5.91 Å². The molecule has 0 saturated carbocycles. The Morgan fingerprint density at radius 2 is 2.07 bits per heavy atom. The van der Waals surface area contributed by atoms with E-state index in [4.69, 9.17) is 4.42 Å². The molecule has 0 bridgehead atoms. The number of thioether (sulfide) groups is 1. The van der Waals surface area contributed by atoms with Crippen molar-refractivity contribution in [3.05, 3.63) is 34.5 Å². The lowest BCUT2D eigenvalue weighted by Crippen LogP contribution is -2.48. The quantitative estimate of drug-likeness (QED) is 0.492. The highest BCUT2D eigenvalue weighted by Gasteiger charge is 2.23. The Kier molecular flexibility index (Phi) is 6.86. The first kappa shape index (κ1) is 21.1. The number of carbonyl (C=O) groups excluding carboxylic acids is 1. The summed E-state index contributed by atoms with van der Waals surface area (Å²) in [7, 11) is 0. The lowest BCUT2D eigenvalue weighted by molar-refractivity contribution is -0.130. The van der Waals surface area contributed by atoms with Crippen molar-refractivity contribution in [1.82, 2.24) is 29.5 Å². The molecule has 0 atom stereocenters. The second-order valence-corrected chi connectivity index (χ2v) is 8.94. The Morgan fingerprint density at radius 3 is 2.73 bits per heavy atom. The maximum absolute atomic E-state index is 12.7. The van der Waals surface area contributed by atoms with Gasteiger partial charge < -0.3 is 9.32 Å². The second-order valence-electron chi connectivity index (χ2n) is 7.06. The number of aromatic nitrogens is 4. The Hall–Kier alpha value is -2.17. The molecule has 10 heteroatoms. The summed E-state index contributed by atoms with van der Waals surface area (Å²) in [6, 6.07) is 3.70. The molecule has 1 saturated heterocycles. The highest BCUT2D eigenvalue weighted by Crippen LogP contribution is 2.24. The van der Waals surface area contributed by atoms with Crippen LogP contribution in [0.15, 0.2) is 33.3 Å². The van der Waals surface area contributed by atoms with Gasteiger partial charge in [-0.25, -0.2) is 4.98 Å². The van der Waals surface area contributed by atoms with Gasteiger partial charge in [0.05, 0.1) is 22.7 Å². The number of amides is 1. The van der Waals surface area contributed by atoms with Crippen molar-refractivity contribution in [1.29, 1.82) is 0 Å². The Labute approximate surface area is 184 Å². The predicted octanol–water partition coefficient (Wildman–Crippen LogP) is 3.01. The van der Waals surface area contributed by atoms with Crippen LogP contribution < -0.4 is 0 Å². The zero-order valence-electron chi connectivity index (χ0n) is 17.3. The summed E-state index contributed by atoms with van der Waals surface area (Å²) in [5.41, 5.74) is 1.14. The molecule has 0 spiro atoms. The van der Waals surface area contributed by atoms with E-state index in [1.165, 1.54) is 16.8 Å². The Balaban J connectivity index is 1.27. The van der Waals surface area contributed by atoms with Gasteiger partial charge in [-0.1, -0.05) is 18.7 Å². The van der Waals surface area contributed by atoms with Gasteiger partial charge in [-0.2, -0.15) is 0 Å². The van der Waals surface area contributed by atoms with Gasteiger partial charge >= 0.3 is 0 Å². The van der Waals surface area contributed by atoms with E-state index in [1.54, 1.807) is 17.6 Å². The summed E-state index contributed by atoms with van der Waals surface area (Å²) in [6.07, 6.45) is 2.61. The van der Waals surface area contributed by atoms with E-state index in [1.807, 2.05) is 28.5 Å². The van der Waals surface area contributed by atoms with Crippen LogP contribution in [0.3, 0.4) is 0 Å². The molecule has 8 nitrogen and oxygen atoms in total. The molecule has 1 amide bonds. The Morgan fingerprint density at radius 1 is 1.23 bits per heavy atom. The van der Waals surface area contributed by atoms with Crippen molar-refractivity contribution in [2.45, 2.75) is 38.5 Å². The zero-order chi connectivity index (χ0) is 20.9. The molecule has 30 heavy (non-hydrogen) atoms. The number of carbonyl (C=O) groups is 1. The number of furan rings is 1. The topological polar surface area (TPSA) is 80.3 Å². The van der Waals surface area contributed by atoms with E-state index in [9.17, 15) is 4.79 Å². The molecular weight excluding hydrogens is 420 g/mol. The van der Waals surface area contributed by atoms with Gasteiger partial charge in [0.2, 0.25) is 5.91 Å². The van der Waals surface area contributed by atoms with Crippen molar-refractivity contribution in [2.24, 2.45) is 0 Å². The SMILES string of the molecule is CCc1nc(CN2CCN(C(=O)CSc3nnc(-c4ccco4)n3CC)CC2)cs1. The summed E-state index contributed by atoms with van der Waals surface area (Å²) in [5.74, 6) is 1.89. The van der Waals surface area contributed by atoms with Gasteiger partial charge in [0.1, 0.15) is 0 Å². The van der Waals surface area contributed by atoms with Gasteiger partial charge in [-0.15, -0.1) is 21.5 Å². The average molecular weight is 447 g/mol. The molecule has 160 valence electrons. The highest BCUT2D eigenvalue weighted by atomic mass is 32.2. The number of piperazine rings is 1. The number of hydrogen-bond donors (Lipinski definition) is 0. The van der Waals surface area contributed by atoms with E-state index in [0.29, 0.717) is 23.9 Å². The molecule has 1 aliphatic heterocycles. The second kappa shape index (κ2) is 9.76. The van der Waals surface area contributed by atoms with Crippen LogP contribution in [-0.2, 0) is 24.3 Å². The minimum absolute atomic E-state index is 0.145. The first-order valence-corrected chi connectivity index (χ1v) is 12.1. The minimum Gasteiger partial charge on any atom is -0.461 e. The Bertz CT molecular complexity index is 960. The molecule has 0 aromatic carbocycles. The molecule has 0 radical (unpaired) electrons. The largest absolute Gasteiger partial charge is 0.461 e. The summed E-state index contributed by atoms with van der Waals surface area (Å²) in [6.45, 7) is 9.01. The van der Waals surface area contributed by atoms with Crippen molar-refractivity contribution in [2.75, 3.05) is 31.9 Å². The zero-order valence-corrected chi connectivity index (χ0v) is 18.9. The fourth-order valence-electron chi connectivity index (χ4n) is 3.45. The van der Waals surface area contributed by atoms with Gasteiger partial charge in [-0.05, 0) is 25.5 Å². The van der Waals surface area contributed by atoms with Crippen LogP contribution >= 0.6 is 23.1 Å². The highest BCUT2D eigenvalue weighted by molar-refractivity contribution is 7.99. The maximum atomic E-state index is 12.7. The number of rotatable bonds is 8. The third-order valence-electron chi connectivity index (χ3n) is 5.11. The molecule has 4 heterocycles. The number of thiazole rings is 1. The minimum atomic E-state index is 0.145. The van der Waals surface area contributed by atoms with Crippen LogP contribution in [0.1, 0.15) is 24.5 Å². The maximum Gasteiger partial charge on any atom is 0.233 e. The molecule has 0 N–H and O–H groups in total. The molecular formula is C20H26N6O2S2. The molecule has 3 aromatic rings. The normalized spacial score (nSPS) is 15.1. The third kappa shape index (κ3) is 4.76.